The summed E-state index contributed by atoms with van der Waals surface area (Å²) >= 11 is 0. The molecule has 1 rings (SSSR count). The van der Waals surface area contributed by atoms with Crippen molar-refractivity contribution < 1.29 is 18.7 Å². The van der Waals surface area contributed by atoms with E-state index in [-0.39, 0.29) is 12.1 Å². The number of benzene rings is 1. The summed E-state index contributed by atoms with van der Waals surface area (Å²) < 4.78 is 25.9. The average Bonchev–Trinajstić information content (AvgIpc) is 2.23. The Hall–Kier alpha value is -1.04. The highest BCUT2D eigenvalue weighted by Gasteiger charge is 2.13. The topological polar surface area (TPSA) is 41.5 Å². The van der Waals surface area contributed by atoms with E-state index in [4.69, 9.17) is 4.84 Å². The van der Waals surface area contributed by atoms with Crippen molar-refractivity contribution in [1.29, 1.82) is 0 Å². The summed E-state index contributed by atoms with van der Waals surface area (Å²) in [5, 5.41) is 9.65. The van der Waals surface area contributed by atoms with Crippen LogP contribution in [0.4, 0.5) is 8.78 Å². The second kappa shape index (κ2) is 6.64. The molecule has 1 aromatic rings. The smallest absolute Gasteiger partial charge is 0.131 e. The van der Waals surface area contributed by atoms with E-state index in [0.717, 1.165) is 12.1 Å². The monoisotopic (exact) mass is 245 g/mol. The molecule has 96 valence electrons. The summed E-state index contributed by atoms with van der Waals surface area (Å²) in [7, 11) is 0. The van der Waals surface area contributed by atoms with Crippen LogP contribution in [0, 0.1) is 17.6 Å². The van der Waals surface area contributed by atoms with Crippen LogP contribution in [0.2, 0.25) is 0 Å². The summed E-state index contributed by atoms with van der Waals surface area (Å²) in [5.41, 5.74) is 2.59. The first-order valence-electron chi connectivity index (χ1n) is 5.48. The van der Waals surface area contributed by atoms with Crippen LogP contribution in [0.1, 0.15) is 25.5 Å². The van der Waals surface area contributed by atoms with Gasteiger partial charge in [0, 0.05) is 11.6 Å². The van der Waals surface area contributed by atoms with Crippen molar-refractivity contribution in [2.24, 2.45) is 5.92 Å². The summed E-state index contributed by atoms with van der Waals surface area (Å²) in [6, 6.07) is 3.07. The maximum absolute atomic E-state index is 13.3. The van der Waals surface area contributed by atoms with Gasteiger partial charge in [-0.3, -0.25) is 0 Å². The van der Waals surface area contributed by atoms with E-state index in [0.29, 0.717) is 12.5 Å². The predicted molar refractivity (Wildman–Crippen MR) is 60.1 cm³/mol. The number of halogens is 2. The molecular weight excluding hydrogens is 228 g/mol. The molecule has 1 unspecified atom stereocenters. The average molecular weight is 245 g/mol. The first-order valence-corrected chi connectivity index (χ1v) is 5.48. The van der Waals surface area contributed by atoms with Gasteiger partial charge in [0.05, 0.1) is 19.3 Å². The van der Waals surface area contributed by atoms with Gasteiger partial charge in [-0.15, -0.1) is 0 Å². The van der Waals surface area contributed by atoms with Crippen molar-refractivity contribution >= 4 is 0 Å². The third-order valence-electron chi connectivity index (χ3n) is 2.12. The first kappa shape index (κ1) is 14.0. The highest BCUT2D eigenvalue weighted by molar-refractivity contribution is 5.20. The van der Waals surface area contributed by atoms with Crippen LogP contribution in [0.25, 0.3) is 0 Å². The van der Waals surface area contributed by atoms with E-state index >= 15 is 0 Å². The van der Waals surface area contributed by atoms with Gasteiger partial charge < -0.3 is 9.94 Å². The first-order chi connectivity index (χ1) is 8.00. The maximum atomic E-state index is 13.3. The number of hydrogen-bond donors (Lipinski definition) is 2. The fraction of sp³-hybridized carbons (Fsp3) is 0.500. The van der Waals surface area contributed by atoms with Crippen LogP contribution < -0.4 is 5.48 Å². The number of nitrogens with one attached hydrogen (secondary N) is 1. The summed E-state index contributed by atoms with van der Waals surface area (Å²) in [5.74, 6) is -1.06. The van der Waals surface area contributed by atoms with Crippen LogP contribution in [0.15, 0.2) is 18.2 Å². The minimum absolute atomic E-state index is 0.0482. The maximum Gasteiger partial charge on any atom is 0.131 e. The second-order valence-electron chi connectivity index (χ2n) is 4.23. The van der Waals surface area contributed by atoms with Crippen molar-refractivity contribution in [1.82, 2.24) is 5.48 Å². The molecular formula is C12H17F2NO2. The molecule has 0 amide bonds. The summed E-state index contributed by atoms with van der Waals surface area (Å²) in [6.45, 7) is 4.52. The molecule has 0 saturated carbocycles. The number of aliphatic hydroxyl groups is 1. The van der Waals surface area contributed by atoms with Crippen molar-refractivity contribution in [2.75, 3.05) is 13.2 Å². The van der Waals surface area contributed by atoms with E-state index in [9.17, 15) is 13.9 Å². The Morgan fingerprint density at radius 2 is 2.06 bits per heavy atom. The van der Waals surface area contributed by atoms with E-state index in [1.807, 2.05) is 13.8 Å². The van der Waals surface area contributed by atoms with E-state index in [1.54, 1.807) is 0 Å². The highest BCUT2D eigenvalue weighted by Crippen LogP contribution is 2.17. The standard InChI is InChI=1S/C12H17F2NO2/c1-8(2)7-17-15-6-12(16)10-4-3-9(13)5-11(10)14/h3-5,8,12,15-16H,6-7H2,1-2H3. The van der Waals surface area contributed by atoms with Gasteiger partial charge in [-0.05, 0) is 12.0 Å². The lowest BCUT2D eigenvalue weighted by Crippen LogP contribution is -2.24. The Morgan fingerprint density at radius 1 is 1.35 bits per heavy atom. The molecule has 1 atom stereocenters. The van der Waals surface area contributed by atoms with Crippen molar-refractivity contribution in [3.8, 4) is 0 Å². The van der Waals surface area contributed by atoms with Gasteiger partial charge in [0.25, 0.3) is 0 Å². The Kier molecular flexibility index (Phi) is 5.47. The van der Waals surface area contributed by atoms with Gasteiger partial charge in [0.2, 0.25) is 0 Å². The normalized spacial score (nSPS) is 13.1. The third kappa shape index (κ3) is 4.77. The largest absolute Gasteiger partial charge is 0.387 e. The predicted octanol–water partition coefficient (Wildman–Crippen LogP) is 2.18. The summed E-state index contributed by atoms with van der Waals surface area (Å²) in [6.07, 6.45) is -1.07. The van der Waals surface area contributed by atoms with Crippen molar-refractivity contribution in [3.63, 3.8) is 0 Å². The zero-order valence-corrected chi connectivity index (χ0v) is 9.91. The van der Waals surface area contributed by atoms with Gasteiger partial charge in [-0.25, -0.2) is 8.78 Å². The van der Waals surface area contributed by atoms with E-state index in [1.165, 1.54) is 6.07 Å². The molecule has 3 nitrogen and oxygen atoms in total. The molecule has 2 N–H and O–H groups in total. The molecule has 0 aliphatic heterocycles. The Labute approximate surface area is 99.4 Å². The fourth-order valence-electron chi connectivity index (χ4n) is 1.25. The molecule has 0 heterocycles. The van der Waals surface area contributed by atoms with Crippen molar-refractivity contribution in [2.45, 2.75) is 20.0 Å². The van der Waals surface area contributed by atoms with Crippen LogP contribution in [0.5, 0.6) is 0 Å². The molecule has 0 spiro atoms. The van der Waals surface area contributed by atoms with Crippen LogP contribution in [0.3, 0.4) is 0 Å². The molecule has 0 aliphatic carbocycles. The molecule has 0 saturated heterocycles. The lowest BCUT2D eigenvalue weighted by Gasteiger charge is -2.13. The fourth-order valence-corrected chi connectivity index (χ4v) is 1.25. The highest BCUT2D eigenvalue weighted by atomic mass is 19.1. The molecule has 1 aromatic carbocycles. The Bertz CT molecular complexity index is 358. The van der Waals surface area contributed by atoms with Gasteiger partial charge in [-0.1, -0.05) is 19.9 Å². The summed E-state index contributed by atoms with van der Waals surface area (Å²) in [4.78, 5) is 5.04. The second-order valence-corrected chi connectivity index (χ2v) is 4.23. The number of aliphatic hydroxyl groups excluding tert-OH is 1. The quantitative estimate of drug-likeness (QED) is 0.596. The molecule has 0 aliphatic rings. The lowest BCUT2D eigenvalue weighted by atomic mass is 10.1. The Balaban J connectivity index is 2.44. The van der Waals surface area contributed by atoms with Gasteiger partial charge in [0.1, 0.15) is 11.6 Å². The zero-order chi connectivity index (χ0) is 12.8. The van der Waals surface area contributed by atoms with Crippen molar-refractivity contribution in [3.05, 3.63) is 35.4 Å². The van der Waals surface area contributed by atoms with E-state index < -0.39 is 17.7 Å². The van der Waals surface area contributed by atoms with Crippen LogP contribution >= 0.6 is 0 Å². The zero-order valence-electron chi connectivity index (χ0n) is 9.91. The third-order valence-corrected chi connectivity index (χ3v) is 2.12. The van der Waals surface area contributed by atoms with Crippen LogP contribution in [-0.2, 0) is 4.84 Å². The Morgan fingerprint density at radius 3 is 2.65 bits per heavy atom. The number of hydrogen-bond acceptors (Lipinski definition) is 3. The van der Waals surface area contributed by atoms with Gasteiger partial charge in [-0.2, -0.15) is 5.48 Å². The molecule has 0 radical (unpaired) electrons. The molecule has 17 heavy (non-hydrogen) atoms. The number of rotatable bonds is 6. The van der Waals surface area contributed by atoms with Crippen LogP contribution in [-0.4, -0.2) is 18.3 Å². The van der Waals surface area contributed by atoms with Gasteiger partial charge in [0.15, 0.2) is 0 Å². The molecule has 0 aromatic heterocycles. The van der Waals surface area contributed by atoms with E-state index in [2.05, 4.69) is 5.48 Å². The number of hydroxylamine groups is 1. The molecule has 5 heteroatoms. The SMILES string of the molecule is CC(C)CONCC(O)c1ccc(F)cc1F. The minimum Gasteiger partial charge on any atom is -0.387 e. The molecule has 0 fully saturated rings. The molecule has 0 bridgehead atoms. The minimum atomic E-state index is -1.07. The van der Waals surface area contributed by atoms with Gasteiger partial charge >= 0.3 is 0 Å². The lowest BCUT2D eigenvalue weighted by molar-refractivity contribution is -0.000221.